The largest absolute Gasteiger partial charge is 0.367 e. The lowest BCUT2D eigenvalue weighted by molar-refractivity contribution is -0.136. The van der Waals surface area contributed by atoms with Crippen molar-refractivity contribution in [2.24, 2.45) is 5.41 Å². The Morgan fingerprint density at radius 1 is 0.975 bits per heavy atom. The third-order valence-corrected chi connectivity index (χ3v) is 8.56. The van der Waals surface area contributed by atoms with Gasteiger partial charge in [0.05, 0.1) is 5.69 Å². The summed E-state index contributed by atoms with van der Waals surface area (Å²) in [5.74, 6) is -1.68. The molecule has 4 aliphatic heterocycles. The number of rotatable bonds is 4. The molecule has 10 heteroatoms. The lowest BCUT2D eigenvalue weighted by atomic mass is 9.93. The highest BCUT2D eigenvalue weighted by Crippen LogP contribution is 2.43. The van der Waals surface area contributed by atoms with E-state index in [0.29, 0.717) is 69.9 Å². The number of anilines is 1. The van der Waals surface area contributed by atoms with Crippen LogP contribution in [0.5, 0.6) is 0 Å². The molecule has 4 heterocycles. The molecule has 1 aromatic rings. The molecular formula is C30H45F2N5O3. The highest BCUT2D eigenvalue weighted by Gasteiger charge is 2.40. The number of amides is 3. The minimum absolute atomic E-state index is 0.178. The molecule has 6 rings (SSSR count). The second-order valence-corrected chi connectivity index (χ2v) is 12.2. The van der Waals surface area contributed by atoms with Crippen LogP contribution in [0.4, 0.5) is 14.5 Å². The lowest BCUT2D eigenvalue weighted by Crippen LogP contribution is -2.53. The number of halogens is 2. The van der Waals surface area contributed by atoms with Crippen molar-refractivity contribution in [1.29, 1.82) is 0 Å². The average molecular weight is 562 g/mol. The molecule has 5 aliphatic rings. The molecule has 3 saturated heterocycles. The monoisotopic (exact) mass is 561 g/mol. The van der Waals surface area contributed by atoms with Crippen molar-refractivity contribution in [3.05, 3.63) is 29.1 Å². The summed E-state index contributed by atoms with van der Waals surface area (Å²) in [5, 5.41) is 5.47. The molecule has 1 atom stereocenters. The zero-order valence-electron chi connectivity index (χ0n) is 24.5. The molecule has 0 bridgehead atoms. The number of alkyl halides is 1. The first-order valence-corrected chi connectivity index (χ1v) is 14.9. The van der Waals surface area contributed by atoms with E-state index in [2.05, 4.69) is 29.4 Å². The van der Waals surface area contributed by atoms with Crippen molar-refractivity contribution >= 4 is 23.4 Å². The number of fused-ring (bicyclic) bond motifs is 1. The van der Waals surface area contributed by atoms with Gasteiger partial charge in [-0.25, -0.2) is 8.78 Å². The molecule has 40 heavy (non-hydrogen) atoms. The van der Waals surface area contributed by atoms with Gasteiger partial charge in [0.15, 0.2) is 0 Å². The van der Waals surface area contributed by atoms with Crippen LogP contribution in [0, 0.1) is 11.2 Å². The van der Waals surface area contributed by atoms with Crippen LogP contribution in [0.3, 0.4) is 0 Å². The van der Waals surface area contributed by atoms with Crippen LogP contribution >= 0.6 is 0 Å². The zero-order valence-corrected chi connectivity index (χ0v) is 24.5. The van der Waals surface area contributed by atoms with E-state index in [-0.39, 0.29) is 36.8 Å². The van der Waals surface area contributed by atoms with Crippen molar-refractivity contribution in [3.8, 4) is 0 Å². The summed E-state index contributed by atoms with van der Waals surface area (Å²) in [5.41, 5.74) is 0.973. The number of imide groups is 1. The molecule has 222 valence electrons. The number of carbonyl (C=O) groups is 3. The SMILES string of the molecule is CC.CC1(C)CC1.O=C1CCC(N2Cc3cc(N4CCN(CC5(F)CCNCC5)CC4)c(F)cc3C2=O)C(=O)N1. The molecule has 1 unspecified atom stereocenters. The highest BCUT2D eigenvalue weighted by molar-refractivity contribution is 6.05. The van der Waals surface area contributed by atoms with E-state index in [1.54, 1.807) is 6.07 Å². The van der Waals surface area contributed by atoms with Crippen molar-refractivity contribution in [3.63, 3.8) is 0 Å². The van der Waals surface area contributed by atoms with E-state index in [1.165, 1.54) is 23.8 Å². The minimum Gasteiger partial charge on any atom is -0.367 e. The van der Waals surface area contributed by atoms with Gasteiger partial charge in [0.2, 0.25) is 11.8 Å². The first-order valence-electron chi connectivity index (χ1n) is 14.9. The number of nitrogens with zero attached hydrogens (tertiary/aromatic N) is 3. The van der Waals surface area contributed by atoms with Crippen LogP contribution in [0.15, 0.2) is 12.1 Å². The van der Waals surface area contributed by atoms with Crippen molar-refractivity contribution in [2.75, 3.05) is 50.7 Å². The Morgan fingerprint density at radius 2 is 1.60 bits per heavy atom. The van der Waals surface area contributed by atoms with Crippen molar-refractivity contribution < 1.29 is 23.2 Å². The fourth-order valence-electron chi connectivity index (χ4n) is 5.65. The van der Waals surface area contributed by atoms with Crippen LogP contribution in [-0.2, 0) is 16.1 Å². The number of carbonyl (C=O) groups excluding carboxylic acids is 3. The third-order valence-electron chi connectivity index (χ3n) is 8.56. The molecule has 1 aromatic carbocycles. The quantitative estimate of drug-likeness (QED) is 0.547. The summed E-state index contributed by atoms with van der Waals surface area (Å²) in [4.78, 5) is 42.0. The van der Waals surface area contributed by atoms with Crippen molar-refractivity contribution in [2.45, 2.75) is 84.5 Å². The number of nitrogens with one attached hydrogen (secondary N) is 2. The van der Waals surface area contributed by atoms with Crippen LogP contribution in [0.25, 0.3) is 0 Å². The molecular weight excluding hydrogens is 516 g/mol. The Bertz CT molecular complexity index is 1090. The minimum atomic E-state index is -1.16. The molecule has 4 fully saturated rings. The molecule has 1 aliphatic carbocycles. The van der Waals surface area contributed by atoms with Crippen molar-refractivity contribution in [1.82, 2.24) is 20.4 Å². The zero-order chi connectivity index (χ0) is 29.1. The fourth-order valence-corrected chi connectivity index (χ4v) is 5.65. The van der Waals surface area contributed by atoms with Gasteiger partial charge in [-0.05, 0) is 68.3 Å². The molecule has 1 saturated carbocycles. The van der Waals surface area contributed by atoms with Crippen LogP contribution in [-0.4, -0.2) is 85.0 Å². The maximum Gasteiger partial charge on any atom is 0.255 e. The third kappa shape index (κ3) is 7.18. The van der Waals surface area contributed by atoms with Crippen LogP contribution in [0.2, 0.25) is 0 Å². The summed E-state index contributed by atoms with van der Waals surface area (Å²) >= 11 is 0. The number of piperidine rings is 2. The van der Waals surface area contributed by atoms with Gasteiger partial charge in [-0.1, -0.05) is 27.7 Å². The number of hydrogen-bond acceptors (Lipinski definition) is 6. The summed E-state index contributed by atoms with van der Waals surface area (Å²) in [7, 11) is 0. The van der Waals surface area contributed by atoms with E-state index >= 15 is 8.78 Å². The first-order chi connectivity index (χ1) is 19.0. The van der Waals surface area contributed by atoms with Gasteiger partial charge in [-0.3, -0.25) is 24.6 Å². The molecule has 0 aromatic heterocycles. The molecule has 2 N–H and O–H groups in total. The van der Waals surface area contributed by atoms with E-state index in [9.17, 15) is 14.4 Å². The smallest absolute Gasteiger partial charge is 0.255 e. The van der Waals surface area contributed by atoms with Gasteiger partial charge in [-0.2, -0.15) is 0 Å². The van der Waals surface area contributed by atoms with Gasteiger partial charge < -0.3 is 15.1 Å². The highest BCUT2D eigenvalue weighted by atomic mass is 19.1. The first kappa shape index (κ1) is 30.4. The summed E-state index contributed by atoms with van der Waals surface area (Å²) in [6, 6.07) is 2.24. The molecule has 3 amide bonds. The Kier molecular flexibility index (Phi) is 9.50. The molecule has 0 radical (unpaired) electrons. The van der Waals surface area contributed by atoms with E-state index in [1.807, 2.05) is 18.7 Å². The van der Waals surface area contributed by atoms with Gasteiger partial charge in [0.1, 0.15) is 17.5 Å². The van der Waals surface area contributed by atoms with E-state index in [4.69, 9.17) is 0 Å². The molecule has 0 spiro atoms. The maximum absolute atomic E-state index is 15.0. The number of piperazine rings is 1. The standard InChI is InChI=1S/C23H29F2N5O3.C5H10.C2H6/c24-17-12-16-15(13-30(22(16)33)18-1-2-20(31)27-21(18)32)11-19(17)29-9-7-28(8-10-29)14-23(25)3-5-26-6-4-23;1-5(2)3-4-5;1-2/h11-12,18,26H,1-10,13-14H2,(H,27,31,32);3-4H2,1-2H3;1-2H3. The predicted molar refractivity (Wildman–Crippen MR) is 151 cm³/mol. The topological polar surface area (TPSA) is 85.0 Å². The number of benzene rings is 1. The van der Waals surface area contributed by atoms with E-state index in [0.717, 1.165) is 5.41 Å². The second-order valence-electron chi connectivity index (χ2n) is 12.2. The fraction of sp³-hybridized carbons (Fsp3) is 0.700. The predicted octanol–water partition coefficient (Wildman–Crippen LogP) is 3.63. The van der Waals surface area contributed by atoms with Gasteiger partial charge >= 0.3 is 0 Å². The summed E-state index contributed by atoms with van der Waals surface area (Å²) in [6.07, 6.45) is 4.39. The number of hydrogen-bond donors (Lipinski definition) is 2. The molecule has 8 nitrogen and oxygen atoms in total. The Labute approximate surface area is 236 Å². The summed E-state index contributed by atoms with van der Waals surface area (Å²) in [6.45, 7) is 13.1. The second kappa shape index (κ2) is 12.5. The van der Waals surface area contributed by atoms with Gasteiger partial charge in [0.25, 0.3) is 5.91 Å². The lowest BCUT2D eigenvalue weighted by Gasteiger charge is -2.40. The van der Waals surface area contributed by atoms with Gasteiger partial charge in [0, 0.05) is 51.3 Å². The van der Waals surface area contributed by atoms with Crippen LogP contribution in [0.1, 0.15) is 82.1 Å². The Hall–Kier alpha value is -2.59. The van der Waals surface area contributed by atoms with Gasteiger partial charge in [-0.15, -0.1) is 0 Å². The Morgan fingerprint density at radius 3 is 2.17 bits per heavy atom. The maximum atomic E-state index is 15.0. The Balaban J connectivity index is 0.000000469. The normalized spacial score (nSPS) is 25.2. The average Bonchev–Trinajstić information content (AvgIpc) is 3.54. The van der Waals surface area contributed by atoms with E-state index < -0.39 is 23.4 Å². The van der Waals surface area contributed by atoms with Crippen LogP contribution < -0.4 is 15.5 Å². The summed E-state index contributed by atoms with van der Waals surface area (Å²) < 4.78 is 30.0.